The van der Waals surface area contributed by atoms with Crippen LogP contribution in [-0.4, -0.2) is 66.3 Å². The molecule has 3 heterocycles. The summed E-state index contributed by atoms with van der Waals surface area (Å²) in [5.41, 5.74) is 1.23. The molecule has 0 saturated carbocycles. The van der Waals surface area contributed by atoms with Crippen LogP contribution >= 0.6 is 0 Å². The molecule has 0 N–H and O–H groups in total. The third kappa shape index (κ3) is 3.80. The van der Waals surface area contributed by atoms with Crippen molar-refractivity contribution in [3.8, 4) is 5.88 Å². The minimum Gasteiger partial charge on any atom is -0.481 e. The van der Waals surface area contributed by atoms with Gasteiger partial charge in [0.15, 0.2) is 0 Å². The number of nitrogens with zero attached hydrogens (tertiary/aromatic N) is 3. The lowest BCUT2D eigenvalue weighted by molar-refractivity contribution is 0.0231. The Bertz CT molecular complexity index is 604. The summed E-state index contributed by atoms with van der Waals surface area (Å²) in [7, 11) is 3.16. The van der Waals surface area contributed by atoms with Gasteiger partial charge in [0, 0.05) is 29.9 Å². The second kappa shape index (κ2) is 8.25. The fourth-order valence-electron chi connectivity index (χ4n) is 4.77. The molecular formula is C20H31N3O3. The van der Waals surface area contributed by atoms with Crippen LogP contribution in [0.25, 0.3) is 0 Å². The molecule has 3 rings (SSSR count). The van der Waals surface area contributed by atoms with Crippen molar-refractivity contribution in [2.24, 2.45) is 0 Å². The van der Waals surface area contributed by atoms with Crippen LogP contribution in [0.5, 0.6) is 5.88 Å². The van der Waals surface area contributed by atoms with E-state index in [4.69, 9.17) is 9.47 Å². The van der Waals surface area contributed by atoms with Gasteiger partial charge in [-0.05, 0) is 64.6 Å². The highest BCUT2D eigenvalue weighted by molar-refractivity contribution is 5.68. The van der Waals surface area contributed by atoms with Crippen LogP contribution in [0, 0.1) is 0 Å². The lowest BCUT2D eigenvalue weighted by atomic mass is 9.86. The van der Waals surface area contributed by atoms with Crippen LogP contribution in [0.15, 0.2) is 18.3 Å². The Hall–Kier alpha value is -1.82. The van der Waals surface area contributed by atoms with Crippen molar-refractivity contribution in [2.45, 2.75) is 63.6 Å². The smallest absolute Gasteiger partial charge is 0.409 e. The van der Waals surface area contributed by atoms with E-state index in [0.29, 0.717) is 12.0 Å². The van der Waals surface area contributed by atoms with Crippen LogP contribution in [0.3, 0.4) is 0 Å². The second-order valence-electron chi connectivity index (χ2n) is 7.61. The maximum absolute atomic E-state index is 12.0. The summed E-state index contributed by atoms with van der Waals surface area (Å²) < 4.78 is 10.4. The van der Waals surface area contributed by atoms with Crippen LogP contribution in [0.2, 0.25) is 0 Å². The maximum Gasteiger partial charge on any atom is 0.409 e. The predicted octanol–water partition coefficient (Wildman–Crippen LogP) is 3.28. The number of rotatable bonds is 3. The molecule has 2 atom stereocenters. The van der Waals surface area contributed by atoms with E-state index in [1.807, 2.05) is 11.0 Å². The molecule has 0 radical (unpaired) electrons. The highest BCUT2D eigenvalue weighted by atomic mass is 16.5. The molecule has 6 nitrogen and oxygen atoms in total. The summed E-state index contributed by atoms with van der Waals surface area (Å²) in [6.45, 7) is 6.44. The second-order valence-corrected chi connectivity index (χ2v) is 7.61. The minimum atomic E-state index is -0.203. The number of hydrogen-bond donors (Lipinski definition) is 0. The van der Waals surface area contributed by atoms with Gasteiger partial charge < -0.3 is 19.3 Å². The van der Waals surface area contributed by atoms with Gasteiger partial charge in [-0.1, -0.05) is 6.07 Å². The lowest BCUT2D eigenvalue weighted by Crippen LogP contribution is -2.56. The molecule has 26 heavy (non-hydrogen) atoms. The molecule has 2 aliphatic heterocycles. The van der Waals surface area contributed by atoms with Crippen molar-refractivity contribution >= 4 is 6.09 Å². The molecule has 1 aromatic rings. The first-order chi connectivity index (χ1) is 12.5. The van der Waals surface area contributed by atoms with Crippen LogP contribution in [0.1, 0.15) is 51.0 Å². The summed E-state index contributed by atoms with van der Waals surface area (Å²) in [5, 5.41) is 0. The standard InChI is InChI=1S/C20H31N3O3/c1-14-12-17(13-15(2)23(14)20(24)26-4)22-10-7-16(8-11-22)18-6-5-9-21-19(18)25-3/h5-6,9,14-17H,7-8,10-13H2,1-4H3. The fourth-order valence-corrected chi connectivity index (χ4v) is 4.77. The van der Waals surface area contributed by atoms with E-state index in [1.54, 1.807) is 13.3 Å². The first kappa shape index (κ1) is 19.0. The van der Waals surface area contributed by atoms with Gasteiger partial charge in [-0.2, -0.15) is 0 Å². The average molecular weight is 361 g/mol. The molecule has 1 amide bonds. The summed E-state index contributed by atoms with van der Waals surface area (Å²) in [6.07, 6.45) is 5.87. The van der Waals surface area contributed by atoms with Gasteiger partial charge in [-0.3, -0.25) is 0 Å². The highest BCUT2D eigenvalue weighted by Crippen LogP contribution is 2.35. The van der Waals surface area contributed by atoms with Gasteiger partial charge in [0.25, 0.3) is 0 Å². The van der Waals surface area contributed by atoms with Crippen molar-refractivity contribution in [3.63, 3.8) is 0 Å². The van der Waals surface area contributed by atoms with Gasteiger partial charge in [-0.15, -0.1) is 0 Å². The van der Waals surface area contributed by atoms with E-state index in [1.165, 1.54) is 12.7 Å². The van der Waals surface area contributed by atoms with Crippen molar-refractivity contribution in [1.29, 1.82) is 0 Å². The maximum atomic E-state index is 12.0. The van der Waals surface area contributed by atoms with Gasteiger partial charge in [0.1, 0.15) is 0 Å². The Morgan fingerprint density at radius 3 is 2.38 bits per heavy atom. The van der Waals surface area contributed by atoms with Crippen molar-refractivity contribution in [1.82, 2.24) is 14.8 Å². The molecule has 0 aromatic carbocycles. The first-order valence-corrected chi connectivity index (χ1v) is 9.64. The lowest BCUT2D eigenvalue weighted by Gasteiger charge is -2.47. The largest absolute Gasteiger partial charge is 0.481 e. The zero-order valence-electron chi connectivity index (χ0n) is 16.4. The SMILES string of the molecule is COC(=O)N1C(C)CC(N2CCC(c3cccnc3OC)CC2)CC1C. The quantitative estimate of drug-likeness (QED) is 0.827. The highest BCUT2D eigenvalue weighted by Gasteiger charge is 2.38. The van der Waals surface area contributed by atoms with E-state index < -0.39 is 0 Å². The monoisotopic (exact) mass is 361 g/mol. The molecular weight excluding hydrogens is 330 g/mol. The van der Waals surface area contributed by atoms with Crippen LogP contribution in [-0.2, 0) is 4.74 Å². The zero-order valence-corrected chi connectivity index (χ0v) is 16.4. The number of ether oxygens (including phenoxy) is 2. The van der Waals surface area contributed by atoms with Crippen molar-refractivity contribution in [2.75, 3.05) is 27.3 Å². The number of methoxy groups -OCH3 is 2. The summed E-state index contributed by atoms with van der Waals surface area (Å²) >= 11 is 0. The molecule has 144 valence electrons. The van der Waals surface area contributed by atoms with Gasteiger partial charge in [-0.25, -0.2) is 9.78 Å². The summed E-state index contributed by atoms with van der Waals surface area (Å²) in [6, 6.07) is 5.11. The van der Waals surface area contributed by atoms with Gasteiger partial charge >= 0.3 is 6.09 Å². The van der Waals surface area contributed by atoms with E-state index in [2.05, 4.69) is 29.8 Å². The Labute approximate surface area is 156 Å². The number of carbonyl (C=O) groups is 1. The normalized spacial score (nSPS) is 28.0. The Morgan fingerprint density at radius 2 is 1.81 bits per heavy atom. The summed E-state index contributed by atoms with van der Waals surface area (Å²) in [5.74, 6) is 1.28. The molecule has 2 saturated heterocycles. The molecule has 0 aliphatic carbocycles. The Balaban J connectivity index is 1.59. The number of carbonyl (C=O) groups excluding carboxylic acids is 1. The van der Waals surface area contributed by atoms with Gasteiger partial charge in [0.2, 0.25) is 5.88 Å². The number of likely N-dealkylation sites (tertiary alicyclic amines) is 2. The Kier molecular flexibility index (Phi) is 6.01. The molecule has 2 fully saturated rings. The van der Waals surface area contributed by atoms with Crippen molar-refractivity contribution < 1.29 is 14.3 Å². The summed E-state index contributed by atoms with van der Waals surface area (Å²) in [4.78, 5) is 20.9. The molecule has 2 unspecified atom stereocenters. The van der Waals surface area contributed by atoms with E-state index in [9.17, 15) is 4.79 Å². The van der Waals surface area contributed by atoms with Crippen LogP contribution in [0.4, 0.5) is 4.79 Å². The molecule has 0 bridgehead atoms. The number of aromatic nitrogens is 1. The molecule has 1 aromatic heterocycles. The number of pyridine rings is 1. The number of piperidine rings is 2. The van der Waals surface area contributed by atoms with Gasteiger partial charge in [0.05, 0.1) is 14.2 Å². The Morgan fingerprint density at radius 1 is 1.15 bits per heavy atom. The van der Waals surface area contributed by atoms with E-state index in [0.717, 1.165) is 44.7 Å². The van der Waals surface area contributed by atoms with Crippen molar-refractivity contribution in [3.05, 3.63) is 23.9 Å². The van der Waals surface area contributed by atoms with E-state index >= 15 is 0 Å². The predicted molar refractivity (Wildman–Crippen MR) is 101 cm³/mol. The topological polar surface area (TPSA) is 54.9 Å². The third-order valence-corrected chi connectivity index (χ3v) is 6.04. The number of hydrogen-bond acceptors (Lipinski definition) is 5. The fraction of sp³-hybridized carbons (Fsp3) is 0.700. The minimum absolute atomic E-state index is 0.203. The van der Waals surface area contributed by atoms with Crippen LogP contribution < -0.4 is 4.74 Å². The first-order valence-electron chi connectivity index (χ1n) is 9.64. The molecule has 6 heteroatoms. The molecule has 2 aliphatic rings. The third-order valence-electron chi connectivity index (χ3n) is 6.04. The molecule has 0 spiro atoms. The van der Waals surface area contributed by atoms with E-state index in [-0.39, 0.29) is 18.2 Å². The number of amides is 1. The average Bonchev–Trinajstić information content (AvgIpc) is 2.67. The zero-order chi connectivity index (χ0) is 18.7.